The fraction of sp³-hybridized carbons (Fsp3) is 0.312. The molecule has 0 fully saturated rings. The van der Waals surface area contributed by atoms with Crippen molar-refractivity contribution < 1.29 is 14.0 Å². The van der Waals surface area contributed by atoms with Crippen molar-refractivity contribution in [1.29, 1.82) is 0 Å². The molecule has 0 aliphatic carbocycles. The molecule has 23 heavy (non-hydrogen) atoms. The molecular weight excluding hydrogens is 296 g/mol. The lowest BCUT2D eigenvalue weighted by Crippen LogP contribution is -2.35. The van der Waals surface area contributed by atoms with E-state index in [9.17, 15) is 0 Å². The first-order valence-electron chi connectivity index (χ1n) is 7.43. The van der Waals surface area contributed by atoms with E-state index in [-0.39, 0.29) is 6.10 Å². The summed E-state index contributed by atoms with van der Waals surface area (Å²) in [6.45, 7) is 4.73. The summed E-state index contributed by atoms with van der Waals surface area (Å²) in [5.74, 6) is 2.87. The van der Waals surface area contributed by atoms with Crippen LogP contribution in [-0.4, -0.2) is 34.4 Å². The van der Waals surface area contributed by atoms with Gasteiger partial charge in [0.05, 0.1) is 12.2 Å². The molecule has 1 aliphatic heterocycles. The van der Waals surface area contributed by atoms with Crippen LogP contribution in [0.15, 0.2) is 28.8 Å². The summed E-state index contributed by atoms with van der Waals surface area (Å²) < 4.78 is 16.9. The molecule has 7 nitrogen and oxygen atoms in total. The SMILES string of the molecule is Cc1nc(NCC2COc3ccccc3O2)c2c(C)noc2n1. The van der Waals surface area contributed by atoms with Gasteiger partial charge in [-0.3, -0.25) is 0 Å². The second kappa shape index (κ2) is 5.42. The van der Waals surface area contributed by atoms with Gasteiger partial charge in [0.1, 0.15) is 29.7 Å². The van der Waals surface area contributed by atoms with Gasteiger partial charge in [0.2, 0.25) is 0 Å². The molecule has 0 saturated heterocycles. The van der Waals surface area contributed by atoms with Crippen LogP contribution in [0.4, 0.5) is 5.82 Å². The van der Waals surface area contributed by atoms with Gasteiger partial charge in [0, 0.05) is 0 Å². The Morgan fingerprint density at radius 1 is 1.17 bits per heavy atom. The lowest BCUT2D eigenvalue weighted by atomic mass is 10.2. The summed E-state index contributed by atoms with van der Waals surface area (Å²) in [7, 11) is 0. The number of aromatic nitrogens is 3. The van der Waals surface area contributed by atoms with Crippen molar-refractivity contribution in [2.45, 2.75) is 20.0 Å². The number of benzene rings is 1. The highest BCUT2D eigenvalue weighted by atomic mass is 16.6. The number of aryl methyl sites for hydroxylation is 2. The maximum absolute atomic E-state index is 5.94. The van der Waals surface area contributed by atoms with Crippen molar-refractivity contribution in [3.8, 4) is 11.5 Å². The average molecular weight is 312 g/mol. The third kappa shape index (κ3) is 2.54. The van der Waals surface area contributed by atoms with Crippen molar-refractivity contribution >= 4 is 16.9 Å². The standard InChI is InChI=1S/C16H16N4O3/c1-9-14-15(18-10(2)19-16(14)23-20-9)17-7-11-8-21-12-5-3-4-6-13(12)22-11/h3-6,11H,7-8H2,1-2H3,(H,17,18,19). The Labute approximate surface area is 132 Å². The molecule has 0 amide bonds. The van der Waals surface area contributed by atoms with E-state index in [0.29, 0.717) is 30.5 Å². The van der Waals surface area contributed by atoms with Gasteiger partial charge in [0.15, 0.2) is 11.5 Å². The van der Waals surface area contributed by atoms with Crippen molar-refractivity contribution in [2.24, 2.45) is 0 Å². The predicted molar refractivity (Wildman–Crippen MR) is 83.9 cm³/mol. The number of hydrogen-bond acceptors (Lipinski definition) is 7. The van der Waals surface area contributed by atoms with Gasteiger partial charge in [-0.1, -0.05) is 17.3 Å². The van der Waals surface area contributed by atoms with Crippen LogP contribution in [0.2, 0.25) is 0 Å². The molecule has 1 atom stereocenters. The second-order valence-corrected chi connectivity index (χ2v) is 5.45. The number of ether oxygens (including phenoxy) is 2. The minimum absolute atomic E-state index is 0.101. The molecule has 2 aromatic heterocycles. The summed E-state index contributed by atoms with van der Waals surface area (Å²) in [6.07, 6.45) is -0.101. The van der Waals surface area contributed by atoms with Crippen LogP contribution >= 0.6 is 0 Å². The van der Waals surface area contributed by atoms with E-state index in [1.54, 1.807) is 0 Å². The first-order chi connectivity index (χ1) is 11.2. The zero-order valence-corrected chi connectivity index (χ0v) is 12.9. The molecule has 1 aliphatic rings. The molecule has 3 heterocycles. The van der Waals surface area contributed by atoms with Crippen LogP contribution in [0.3, 0.4) is 0 Å². The van der Waals surface area contributed by atoms with Gasteiger partial charge in [-0.25, -0.2) is 4.98 Å². The van der Waals surface area contributed by atoms with E-state index >= 15 is 0 Å². The third-order valence-electron chi connectivity index (χ3n) is 3.68. The van der Waals surface area contributed by atoms with Crippen LogP contribution in [0.25, 0.3) is 11.1 Å². The van der Waals surface area contributed by atoms with E-state index in [1.807, 2.05) is 38.1 Å². The highest BCUT2D eigenvalue weighted by Crippen LogP contribution is 2.31. The van der Waals surface area contributed by atoms with Gasteiger partial charge in [-0.05, 0) is 26.0 Å². The van der Waals surface area contributed by atoms with Gasteiger partial charge in [0.25, 0.3) is 5.71 Å². The predicted octanol–water partition coefficient (Wildman–Crippen LogP) is 2.49. The topological polar surface area (TPSA) is 82.3 Å². The monoisotopic (exact) mass is 312 g/mol. The lowest BCUT2D eigenvalue weighted by Gasteiger charge is -2.26. The van der Waals surface area contributed by atoms with Crippen molar-refractivity contribution in [2.75, 3.05) is 18.5 Å². The van der Waals surface area contributed by atoms with Crippen molar-refractivity contribution in [3.05, 3.63) is 35.8 Å². The number of anilines is 1. The minimum Gasteiger partial charge on any atom is -0.486 e. The number of para-hydroxylation sites is 2. The molecule has 0 radical (unpaired) electrons. The normalized spacial score (nSPS) is 16.5. The van der Waals surface area contributed by atoms with Gasteiger partial charge in [-0.2, -0.15) is 4.98 Å². The summed E-state index contributed by atoms with van der Waals surface area (Å²) in [5, 5.41) is 8.05. The maximum Gasteiger partial charge on any atom is 0.263 e. The Kier molecular flexibility index (Phi) is 3.25. The van der Waals surface area contributed by atoms with Crippen LogP contribution in [-0.2, 0) is 0 Å². The summed E-state index contributed by atoms with van der Waals surface area (Å²) >= 11 is 0. The molecule has 3 aromatic rings. The van der Waals surface area contributed by atoms with E-state index in [1.165, 1.54) is 0 Å². The van der Waals surface area contributed by atoms with Gasteiger partial charge < -0.3 is 19.3 Å². The molecule has 0 spiro atoms. The van der Waals surface area contributed by atoms with Crippen molar-refractivity contribution in [3.63, 3.8) is 0 Å². The molecule has 0 saturated carbocycles. The Morgan fingerprint density at radius 2 is 2.00 bits per heavy atom. The molecule has 1 aromatic carbocycles. The van der Waals surface area contributed by atoms with Gasteiger partial charge in [-0.15, -0.1) is 0 Å². The molecule has 7 heteroatoms. The van der Waals surface area contributed by atoms with E-state index in [4.69, 9.17) is 14.0 Å². The fourth-order valence-corrected chi connectivity index (χ4v) is 2.60. The molecule has 0 bridgehead atoms. The van der Waals surface area contributed by atoms with E-state index in [0.717, 1.165) is 22.6 Å². The van der Waals surface area contributed by atoms with Crippen LogP contribution in [0.1, 0.15) is 11.5 Å². The summed E-state index contributed by atoms with van der Waals surface area (Å²) in [4.78, 5) is 8.69. The quantitative estimate of drug-likeness (QED) is 0.795. The number of nitrogens with one attached hydrogen (secondary N) is 1. The Balaban J connectivity index is 1.53. The smallest absolute Gasteiger partial charge is 0.263 e. The van der Waals surface area contributed by atoms with Crippen molar-refractivity contribution in [1.82, 2.24) is 15.1 Å². The zero-order chi connectivity index (χ0) is 15.8. The number of rotatable bonds is 3. The molecule has 1 N–H and O–H groups in total. The van der Waals surface area contributed by atoms with Crippen LogP contribution in [0.5, 0.6) is 11.5 Å². The van der Waals surface area contributed by atoms with E-state index in [2.05, 4.69) is 20.4 Å². The Morgan fingerprint density at radius 3 is 2.87 bits per heavy atom. The molecule has 4 rings (SSSR count). The summed E-state index contributed by atoms with van der Waals surface area (Å²) in [6, 6.07) is 7.65. The maximum atomic E-state index is 5.94. The largest absolute Gasteiger partial charge is 0.486 e. The van der Waals surface area contributed by atoms with Crippen LogP contribution in [0, 0.1) is 13.8 Å². The number of fused-ring (bicyclic) bond motifs is 2. The van der Waals surface area contributed by atoms with Crippen LogP contribution < -0.4 is 14.8 Å². The lowest BCUT2D eigenvalue weighted by molar-refractivity contribution is 0.0997. The number of nitrogens with zero attached hydrogens (tertiary/aromatic N) is 3. The highest BCUT2D eigenvalue weighted by Gasteiger charge is 2.21. The molecule has 1 unspecified atom stereocenters. The fourth-order valence-electron chi connectivity index (χ4n) is 2.60. The second-order valence-electron chi connectivity index (χ2n) is 5.45. The summed E-state index contributed by atoms with van der Waals surface area (Å²) in [5.41, 5.74) is 1.25. The van der Waals surface area contributed by atoms with Gasteiger partial charge >= 0.3 is 0 Å². The van der Waals surface area contributed by atoms with E-state index < -0.39 is 0 Å². The minimum atomic E-state index is -0.101. The Hall–Kier alpha value is -2.83. The first-order valence-corrected chi connectivity index (χ1v) is 7.43. The number of hydrogen-bond donors (Lipinski definition) is 1. The zero-order valence-electron chi connectivity index (χ0n) is 12.9. The first kappa shape index (κ1) is 13.8. The molecular formula is C16H16N4O3. The average Bonchev–Trinajstić information content (AvgIpc) is 2.93. The third-order valence-corrected chi connectivity index (χ3v) is 3.68. The molecule has 118 valence electrons. The highest BCUT2D eigenvalue weighted by molar-refractivity contribution is 5.87. The Bertz CT molecular complexity index is 862.